The molecule has 1 aromatic heterocycles. The van der Waals surface area contributed by atoms with Crippen LogP contribution in [-0.2, 0) is 13.0 Å². The Labute approximate surface area is 120 Å². The number of hydrogen-bond donors (Lipinski definition) is 1. The van der Waals surface area contributed by atoms with E-state index < -0.39 is 0 Å². The van der Waals surface area contributed by atoms with Gasteiger partial charge in [-0.1, -0.05) is 6.92 Å². The van der Waals surface area contributed by atoms with Gasteiger partial charge in [-0.2, -0.15) is 5.10 Å². The molecular formula is C13H15BrN4O. The van der Waals surface area contributed by atoms with Crippen molar-refractivity contribution in [3.8, 4) is 0 Å². The summed E-state index contributed by atoms with van der Waals surface area (Å²) in [6, 6.07) is 5.18. The number of aromatic nitrogens is 3. The number of aryl methyl sites for hydroxylation is 1. The number of halogens is 1. The first-order valence-electron chi connectivity index (χ1n) is 6.06. The average molecular weight is 323 g/mol. The largest absolute Gasteiger partial charge is 0.398 e. The van der Waals surface area contributed by atoms with Crippen molar-refractivity contribution in [1.29, 1.82) is 0 Å². The zero-order chi connectivity index (χ0) is 13.8. The molecule has 0 saturated carbocycles. The highest BCUT2D eigenvalue weighted by molar-refractivity contribution is 9.10. The molecule has 19 heavy (non-hydrogen) atoms. The monoisotopic (exact) mass is 322 g/mol. The molecule has 0 fully saturated rings. The maximum absolute atomic E-state index is 12.2. The van der Waals surface area contributed by atoms with Crippen LogP contribution in [0.2, 0.25) is 0 Å². The number of nitrogens with two attached hydrogens (primary N) is 1. The van der Waals surface area contributed by atoms with Crippen LogP contribution in [0.15, 0.2) is 29.0 Å². The summed E-state index contributed by atoms with van der Waals surface area (Å²) in [7, 11) is 0. The van der Waals surface area contributed by atoms with Gasteiger partial charge in [-0.05, 0) is 40.5 Å². The van der Waals surface area contributed by atoms with Crippen LogP contribution in [0.3, 0.4) is 0 Å². The Bertz CT molecular complexity index is 594. The normalized spacial score (nSPS) is 10.6. The number of nitrogens with zero attached hydrogens (tertiary/aromatic N) is 3. The van der Waals surface area contributed by atoms with Gasteiger partial charge in [0.25, 0.3) is 0 Å². The highest BCUT2D eigenvalue weighted by Crippen LogP contribution is 2.21. The van der Waals surface area contributed by atoms with Gasteiger partial charge in [-0.25, -0.2) is 9.67 Å². The van der Waals surface area contributed by atoms with Gasteiger partial charge >= 0.3 is 0 Å². The summed E-state index contributed by atoms with van der Waals surface area (Å²) in [6.07, 6.45) is 2.69. The van der Waals surface area contributed by atoms with E-state index >= 15 is 0 Å². The summed E-state index contributed by atoms with van der Waals surface area (Å²) < 4.78 is 2.50. The number of anilines is 1. The first kappa shape index (κ1) is 13.7. The maximum atomic E-state index is 12.2. The Morgan fingerprint density at radius 2 is 2.26 bits per heavy atom. The van der Waals surface area contributed by atoms with Crippen LogP contribution >= 0.6 is 15.9 Å². The van der Waals surface area contributed by atoms with Crippen LogP contribution in [0.5, 0.6) is 0 Å². The van der Waals surface area contributed by atoms with Crippen molar-refractivity contribution in [2.75, 3.05) is 5.73 Å². The highest BCUT2D eigenvalue weighted by atomic mass is 79.9. The third-order valence-corrected chi connectivity index (χ3v) is 3.46. The van der Waals surface area contributed by atoms with E-state index in [1.54, 1.807) is 22.9 Å². The Balaban J connectivity index is 2.16. The van der Waals surface area contributed by atoms with Gasteiger partial charge in [0.05, 0.1) is 6.42 Å². The molecular weight excluding hydrogens is 308 g/mol. The molecule has 1 heterocycles. The van der Waals surface area contributed by atoms with Crippen molar-refractivity contribution in [2.45, 2.75) is 26.3 Å². The Hall–Kier alpha value is -1.69. The first-order valence-corrected chi connectivity index (χ1v) is 6.86. The van der Waals surface area contributed by atoms with Crippen LogP contribution < -0.4 is 5.73 Å². The van der Waals surface area contributed by atoms with Crippen LogP contribution in [-0.4, -0.2) is 20.5 Å². The van der Waals surface area contributed by atoms with E-state index in [9.17, 15) is 4.79 Å². The topological polar surface area (TPSA) is 73.8 Å². The summed E-state index contributed by atoms with van der Waals surface area (Å²) in [5.74, 6) is 0.700. The van der Waals surface area contributed by atoms with Gasteiger partial charge in [0, 0.05) is 22.3 Å². The molecule has 0 saturated heterocycles. The zero-order valence-corrected chi connectivity index (χ0v) is 12.2. The van der Waals surface area contributed by atoms with Crippen molar-refractivity contribution in [1.82, 2.24) is 14.8 Å². The van der Waals surface area contributed by atoms with Crippen molar-refractivity contribution in [3.05, 3.63) is 40.4 Å². The number of nitrogen functional groups attached to an aromatic ring is 1. The molecule has 0 amide bonds. The van der Waals surface area contributed by atoms with Gasteiger partial charge in [0.2, 0.25) is 0 Å². The first-order chi connectivity index (χ1) is 9.11. The van der Waals surface area contributed by atoms with Crippen LogP contribution in [0.25, 0.3) is 0 Å². The molecule has 2 N–H and O–H groups in total. The quantitative estimate of drug-likeness (QED) is 0.677. The van der Waals surface area contributed by atoms with E-state index in [1.807, 2.05) is 0 Å². The fourth-order valence-corrected chi connectivity index (χ4v) is 2.15. The van der Waals surface area contributed by atoms with Crippen molar-refractivity contribution in [3.63, 3.8) is 0 Å². The SMILES string of the molecule is CCCn1ncnc1CC(=O)c1ccc(N)c(Br)c1. The summed E-state index contributed by atoms with van der Waals surface area (Å²) >= 11 is 3.32. The average Bonchev–Trinajstić information content (AvgIpc) is 2.80. The summed E-state index contributed by atoms with van der Waals surface area (Å²) in [4.78, 5) is 16.3. The molecule has 100 valence electrons. The maximum Gasteiger partial charge on any atom is 0.170 e. The lowest BCUT2D eigenvalue weighted by Crippen LogP contribution is -2.11. The fourth-order valence-electron chi connectivity index (χ4n) is 1.77. The van der Waals surface area contributed by atoms with Crippen molar-refractivity contribution >= 4 is 27.4 Å². The number of benzene rings is 1. The van der Waals surface area contributed by atoms with Gasteiger partial charge in [-0.3, -0.25) is 4.79 Å². The van der Waals surface area contributed by atoms with Crippen molar-refractivity contribution < 1.29 is 4.79 Å². The molecule has 0 radical (unpaired) electrons. The highest BCUT2D eigenvalue weighted by Gasteiger charge is 2.12. The molecule has 1 aromatic carbocycles. The van der Waals surface area contributed by atoms with E-state index in [-0.39, 0.29) is 12.2 Å². The molecule has 0 unspecified atom stereocenters. The number of ketones is 1. The minimum atomic E-state index is 0.00560. The Morgan fingerprint density at radius 1 is 1.47 bits per heavy atom. The smallest absolute Gasteiger partial charge is 0.170 e. The van der Waals surface area contributed by atoms with E-state index in [2.05, 4.69) is 32.9 Å². The van der Waals surface area contributed by atoms with Crippen LogP contribution in [0, 0.1) is 0 Å². The minimum absolute atomic E-state index is 0.00560. The molecule has 0 spiro atoms. The lowest BCUT2D eigenvalue weighted by Gasteiger charge is -2.05. The van der Waals surface area contributed by atoms with E-state index in [0.29, 0.717) is 17.1 Å². The van der Waals surface area contributed by atoms with E-state index in [1.165, 1.54) is 6.33 Å². The molecule has 0 aliphatic heterocycles. The molecule has 5 nitrogen and oxygen atoms in total. The third kappa shape index (κ3) is 3.20. The summed E-state index contributed by atoms with van der Waals surface area (Å²) in [5, 5.41) is 4.11. The molecule has 0 bridgehead atoms. The lowest BCUT2D eigenvalue weighted by atomic mass is 10.1. The number of rotatable bonds is 5. The minimum Gasteiger partial charge on any atom is -0.398 e. The van der Waals surface area contributed by atoms with Crippen LogP contribution in [0.1, 0.15) is 29.5 Å². The summed E-state index contributed by atoms with van der Waals surface area (Å²) in [6.45, 7) is 2.83. The van der Waals surface area contributed by atoms with Crippen molar-refractivity contribution in [2.24, 2.45) is 0 Å². The molecule has 0 atom stereocenters. The predicted molar refractivity (Wildman–Crippen MR) is 76.9 cm³/mol. The number of carbonyl (C=O) groups excluding carboxylic acids is 1. The number of hydrogen-bond acceptors (Lipinski definition) is 4. The third-order valence-electron chi connectivity index (χ3n) is 2.77. The number of carbonyl (C=O) groups is 1. The Morgan fingerprint density at radius 3 is 2.95 bits per heavy atom. The summed E-state index contributed by atoms with van der Waals surface area (Å²) in [5.41, 5.74) is 6.94. The second-order valence-electron chi connectivity index (χ2n) is 4.24. The van der Waals surface area contributed by atoms with Gasteiger partial charge < -0.3 is 5.73 Å². The van der Waals surface area contributed by atoms with E-state index in [4.69, 9.17) is 5.73 Å². The second-order valence-corrected chi connectivity index (χ2v) is 5.09. The van der Waals surface area contributed by atoms with Gasteiger partial charge in [0.15, 0.2) is 5.78 Å². The molecule has 6 heteroatoms. The van der Waals surface area contributed by atoms with E-state index in [0.717, 1.165) is 17.4 Å². The molecule has 0 aliphatic carbocycles. The second kappa shape index (κ2) is 5.97. The van der Waals surface area contributed by atoms with Gasteiger partial charge in [0.1, 0.15) is 12.2 Å². The number of Topliss-reactive ketones (excluding diaryl/α,β-unsaturated/α-hetero) is 1. The van der Waals surface area contributed by atoms with Crippen LogP contribution in [0.4, 0.5) is 5.69 Å². The standard InChI is InChI=1S/C13H15BrN4O/c1-2-5-18-13(16-8-17-18)7-12(19)9-3-4-11(15)10(14)6-9/h3-4,6,8H,2,5,7,15H2,1H3. The molecule has 2 aromatic rings. The lowest BCUT2D eigenvalue weighted by molar-refractivity contribution is 0.0989. The zero-order valence-electron chi connectivity index (χ0n) is 10.6. The molecule has 2 rings (SSSR count). The van der Waals surface area contributed by atoms with Gasteiger partial charge in [-0.15, -0.1) is 0 Å². The fraction of sp³-hybridized carbons (Fsp3) is 0.308. The molecule has 0 aliphatic rings. The Kier molecular flexibility index (Phi) is 4.31. The predicted octanol–water partition coefficient (Wildman–Crippen LogP) is 2.46.